The largest absolute Gasteiger partial charge is 0.481 e. The van der Waals surface area contributed by atoms with Crippen LogP contribution >= 0.6 is 0 Å². The lowest BCUT2D eigenvalue weighted by Gasteiger charge is -1.92. The number of rotatable bonds is 5. The van der Waals surface area contributed by atoms with Gasteiger partial charge in [-0.3, -0.25) is 9.78 Å². The van der Waals surface area contributed by atoms with Crippen LogP contribution < -0.4 is 0 Å². The predicted molar refractivity (Wildman–Crippen MR) is 54.8 cm³/mol. The van der Waals surface area contributed by atoms with E-state index in [1.54, 1.807) is 12.4 Å². The van der Waals surface area contributed by atoms with E-state index in [0.29, 0.717) is 6.42 Å². The smallest absolute Gasteiger partial charge is 0.303 e. The van der Waals surface area contributed by atoms with Gasteiger partial charge >= 0.3 is 5.97 Å². The van der Waals surface area contributed by atoms with Crippen molar-refractivity contribution in [2.45, 2.75) is 19.3 Å². The van der Waals surface area contributed by atoms with Gasteiger partial charge in [-0.2, -0.15) is 0 Å². The average Bonchev–Trinajstić information content (AvgIpc) is 2.18. The Morgan fingerprint density at radius 2 is 2.43 bits per heavy atom. The summed E-state index contributed by atoms with van der Waals surface area (Å²) < 4.78 is 0. The Morgan fingerprint density at radius 1 is 1.57 bits per heavy atom. The molecule has 0 bridgehead atoms. The van der Waals surface area contributed by atoms with Crippen molar-refractivity contribution in [2.24, 2.45) is 0 Å². The number of hydrogen-bond donors (Lipinski definition) is 1. The molecule has 3 nitrogen and oxygen atoms in total. The van der Waals surface area contributed by atoms with E-state index in [2.05, 4.69) is 4.98 Å². The Hall–Kier alpha value is -1.64. The first-order valence-corrected chi connectivity index (χ1v) is 4.57. The molecular weight excluding hydrogens is 178 g/mol. The van der Waals surface area contributed by atoms with Crippen LogP contribution in [0.2, 0.25) is 0 Å². The second kappa shape index (κ2) is 5.91. The number of carbonyl (C=O) groups is 1. The van der Waals surface area contributed by atoms with Crippen molar-refractivity contribution in [3.05, 3.63) is 36.2 Å². The van der Waals surface area contributed by atoms with Gasteiger partial charge in [0.25, 0.3) is 0 Å². The summed E-state index contributed by atoms with van der Waals surface area (Å²) in [5, 5.41) is 8.40. The molecular formula is C11H13NO2. The summed E-state index contributed by atoms with van der Waals surface area (Å²) >= 11 is 0. The highest BCUT2D eigenvalue weighted by Crippen LogP contribution is 2.02. The van der Waals surface area contributed by atoms with Crippen molar-refractivity contribution in [3.8, 4) is 0 Å². The Bertz CT molecular complexity index is 306. The minimum Gasteiger partial charge on any atom is -0.481 e. The second-order valence-electron chi connectivity index (χ2n) is 2.97. The number of aromatic nitrogens is 1. The van der Waals surface area contributed by atoms with E-state index in [0.717, 1.165) is 12.0 Å². The molecule has 1 aromatic rings. The Kier molecular flexibility index (Phi) is 4.41. The molecule has 0 radical (unpaired) electrons. The lowest BCUT2D eigenvalue weighted by molar-refractivity contribution is -0.137. The van der Waals surface area contributed by atoms with Gasteiger partial charge in [-0.05, 0) is 24.5 Å². The van der Waals surface area contributed by atoms with Gasteiger partial charge in [-0.25, -0.2) is 0 Å². The summed E-state index contributed by atoms with van der Waals surface area (Å²) in [6.07, 6.45) is 9.13. The summed E-state index contributed by atoms with van der Waals surface area (Å²) in [7, 11) is 0. The fraction of sp³-hybridized carbons (Fsp3) is 0.273. The molecule has 0 atom stereocenters. The Labute approximate surface area is 83.1 Å². The van der Waals surface area contributed by atoms with Gasteiger partial charge in [0.1, 0.15) is 0 Å². The molecule has 0 aliphatic heterocycles. The molecule has 74 valence electrons. The SMILES string of the molecule is O=C(O)CCC/C=C/c1cccnc1. The van der Waals surface area contributed by atoms with Crippen LogP contribution in [0.1, 0.15) is 24.8 Å². The zero-order chi connectivity index (χ0) is 10.2. The summed E-state index contributed by atoms with van der Waals surface area (Å²) in [5.41, 5.74) is 1.04. The van der Waals surface area contributed by atoms with Crippen molar-refractivity contribution in [1.29, 1.82) is 0 Å². The minimum atomic E-state index is -0.736. The van der Waals surface area contributed by atoms with Gasteiger partial charge in [0.2, 0.25) is 0 Å². The van der Waals surface area contributed by atoms with E-state index in [1.807, 2.05) is 24.3 Å². The summed E-state index contributed by atoms with van der Waals surface area (Å²) in [6.45, 7) is 0. The lowest BCUT2D eigenvalue weighted by Crippen LogP contribution is -1.92. The highest BCUT2D eigenvalue weighted by atomic mass is 16.4. The third-order valence-electron chi connectivity index (χ3n) is 1.76. The lowest BCUT2D eigenvalue weighted by atomic mass is 10.2. The van der Waals surface area contributed by atoms with Crippen LogP contribution in [-0.4, -0.2) is 16.1 Å². The highest BCUT2D eigenvalue weighted by molar-refractivity contribution is 5.66. The maximum atomic E-state index is 10.2. The Morgan fingerprint density at radius 3 is 3.07 bits per heavy atom. The normalized spacial score (nSPS) is 10.6. The van der Waals surface area contributed by atoms with E-state index in [9.17, 15) is 4.79 Å². The zero-order valence-corrected chi connectivity index (χ0v) is 7.89. The van der Waals surface area contributed by atoms with E-state index in [1.165, 1.54) is 0 Å². The van der Waals surface area contributed by atoms with E-state index in [-0.39, 0.29) is 6.42 Å². The highest BCUT2D eigenvalue weighted by Gasteiger charge is 1.93. The molecule has 0 saturated heterocycles. The van der Waals surface area contributed by atoms with Crippen LogP contribution in [0, 0.1) is 0 Å². The van der Waals surface area contributed by atoms with Crippen LogP contribution in [0.15, 0.2) is 30.6 Å². The number of hydrogen-bond acceptors (Lipinski definition) is 2. The standard InChI is InChI=1S/C11H13NO2/c13-11(14)7-3-1-2-5-10-6-4-8-12-9-10/h2,4-6,8-9H,1,3,7H2,(H,13,14)/b5-2+. The Balaban J connectivity index is 2.25. The quantitative estimate of drug-likeness (QED) is 0.727. The van der Waals surface area contributed by atoms with E-state index < -0.39 is 5.97 Å². The maximum Gasteiger partial charge on any atom is 0.303 e. The van der Waals surface area contributed by atoms with Crippen LogP contribution in [0.25, 0.3) is 6.08 Å². The first kappa shape index (κ1) is 10.4. The fourth-order valence-electron chi connectivity index (χ4n) is 1.07. The number of aliphatic carboxylic acids is 1. The van der Waals surface area contributed by atoms with Gasteiger partial charge in [0, 0.05) is 18.8 Å². The monoisotopic (exact) mass is 191 g/mol. The topological polar surface area (TPSA) is 50.2 Å². The van der Waals surface area contributed by atoms with Gasteiger partial charge in [-0.15, -0.1) is 0 Å². The molecule has 0 aliphatic carbocycles. The number of carboxylic acids is 1. The molecule has 0 saturated carbocycles. The number of pyridine rings is 1. The fourth-order valence-corrected chi connectivity index (χ4v) is 1.07. The van der Waals surface area contributed by atoms with E-state index >= 15 is 0 Å². The first-order chi connectivity index (χ1) is 6.79. The van der Waals surface area contributed by atoms with Gasteiger partial charge in [-0.1, -0.05) is 18.2 Å². The predicted octanol–water partition coefficient (Wildman–Crippen LogP) is 2.35. The molecule has 1 rings (SSSR count). The molecule has 1 aromatic heterocycles. The number of nitrogens with zero attached hydrogens (tertiary/aromatic N) is 1. The maximum absolute atomic E-state index is 10.2. The molecule has 1 heterocycles. The van der Waals surface area contributed by atoms with Crippen molar-refractivity contribution in [1.82, 2.24) is 4.98 Å². The molecule has 0 unspecified atom stereocenters. The van der Waals surface area contributed by atoms with Gasteiger partial charge in [0.05, 0.1) is 0 Å². The molecule has 3 heteroatoms. The van der Waals surface area contributed by atoms with Gasteiger partial charge in [0.15, 0.2) is 0 Å². The van der Waals surface area contributed by atoms with Crippen molar-refractivity contribution in [3.63, 3.8) is 0 Å². The number of unbranched alkanes of at least 4 members (excludes halogenated alkanes) is 1. The third kappa shape index (κ3) is 4.40. The molecule has 0 aromatic carbocycles. The van der Waals surface area contributed by atoms with Crippen molar-refractivity contribution >= 4 is 12.0 Å². The van der Waals surface area contributed by atoms with Crippen LogP contribution in [0.4, 0.5) is 0 Å². The van der Waals surface area contributed by atoms with Crippen LogP contribution in [0.3, 0.4) is 0 Å². The van der Waals surface area contributed by atoms with Crippen molar-refractivity contribution < 1.29 is 9.90 Å². The summed E-state index contributed by atoms with van der Waals surface area (Å²) in [6, 6.07) is 3.83. The molecule has 14 heavy (non-hydrogen) atoms. The van der Waals surface area contributed by atoms with E-state index in [4.69, 9.17) is 5.11 Å². The molecule has 0 spiro atoms. The third-order valence-corrected chi connectivity index (χ3v) is 1.76. The molecule has 1 N–H and O–H groups in total. The number of carboxylic acid groups (broad SMARTS) is 1. The van der Waals surface area contributed by atoms with Gasteiger partial charge < -0.3 is 5.11 Å². The molecule has 0 aliphatic rings. The minimum absolute atomic E-state index is 0.234. The van der Waals surface area contributed by atoms with Crippen LogP contribution in [-0.2, 0) is 4.79 Å². The molecule has 0 fully saturated rings. The second-order valence-corrected chi connectivity index (χ2v) is 2.97. The van der Waals surface area contributed by atoms with Crippen molar-refractivity contribution in [2.75, 3.05) is 0 Å². The van der Waals surface area contributed by atoms with Crippen LogP contribution in [0.5, 0.6) is 0 Å². The summed E-state index contributed by atoms with van der Waals surface area (Å²) in [4.78, 5) is 14.2. The summed E-state index contributed by atoms with van der Waals surface area (Å²) in [5.74, 6) is -0.736. The zero-order valence-electron chi connectivity index (χ0n) is 7.89. The molecule has 0 amide bonds. The number of allylic oxidation sites excluding steroid dienone is 1. The first-order valence-electron chi connectivity index (χ1n) is 4.57. The average molecular weight is 191 g/mol.